The summed E-state index contributed by atoms with van der Waals surface area (Å²) in [5.41, 5.74) is 1.89. The Morgan fingerprint density at radius 3 is 1.52 bits per heavy atom. The summed E-state index contributed by atoms with van der Waals surface area (Å²) in [6, 6.07) is 7.93. The quantitative estimate of drug-likeness (QED) is 0.504. The monoisotopic (exact) mass is 348 g/mol. The minimum atomic E-state index is -0.452. The van der Waals surface area contributed by atoms with Crippen LogP contribution in [0.5, 0.6) is 28.7 Å². The Balaban J connectivity index is 0.000000251. The predicted octanol–water partition coefficient (Wildman–Crippen LogP) is 4.93. The van der Waals surface area contributed by atoms with Gasteiger partial charge >= 0.3 is 0 Å². The van der Waals surface area contributed by atoms with Crippen LogP contribution >= 0.6 is 0 Å². The second kappa shape index (κ2) is 9.06. The van der Waals surface area contributed by atoms with Gasteiger partial charge in [0, 0.05) is 0 Å². The number of rotatable bonds is 4. The van der Waals surface area contributed by atoms with Crippen molar-refractivity contribution in [3.8, 4) is 28.7 Å². The SMILES string of the molecule is CCC(C)c1cc(O)c(O)c(O)c1.CCC(C)c1ccc(O)c(O)c1. The molecule has 138 valence electrons. The fourth-order valence-corrected chi connectivity index (χ4v) is 2.23. The highest BCUT2D eigenvalue weighted by Gasteiger charge is 2.11. The molecule has 5 nitrogen and oxygen atoms in total. The highest BCUT2D eigenvalue weighted by molar-refractivity contribution is 5.51. The Bertz CT molecular complexity index is 673. The van der Waals surface area contributed by atoms with Crippen molar-refractivity contribution < 1.29 is 25.5 Å². The van der Waals surface area contributed by atoms with E-state index < -0.39 is 5.75 Å². The molecule has 2 aromatic rings. The molecule has 0 saturated heterocycles. The van der Waals surface area contributed by atoms with Crippen LogP contribution in [0.15, 0.2) is 30.3 Å². The molecule has 5 heteroatoms. The zero-order valence-corrected chi connectivity index (χ0v) is 15.2. The molecular weight excluding hydrogens is 320 g/mol. The van der Waals surface area contributed by atoms with Crippen LogP contribution in [0.3, 0.4) is 0 Å². The van der Waals surface area contributed by atoms with Crippen LogP contribution in [0.1, 0.15) is 63.5 Å². The first-order valence-electron chi connectivity index (χ1n) is 8.47. The number of phenolic OH excluding ortho intramolecular Hbond substituents is 5. The van der Waals surface area contributed by atoms with Gasteiger partial charge < -0.3 is 25.5 Å². The average molecular weight is 348 g/mol. The van der Waals surface area contributed by atoms with Crippen molar-refractivity contribution in [3.05, 3.63) is 41.5 Å². The summed E-state index contributed by atoms with van der Waals surface area (Å²) in [5, 5.41) is 45.8. The van der Waals surface area contributed by atoms with E-state index in [4.69, 9.17) is 10.2 Å². The maximum Gasteiger partial charge on any atom is 0.200 e. The highest BCUT2D eigenvalue weighted by Crippen LogP contribution is 2.38. The van der Waals surface area contributed by atoms with Crippen LogP contribution in [0.4, 0.5) is 0 Å². The van der Waals surface area contributed by atoms with E-state index in [1.165, 1.54) is 18.2 Å². The molecule has 0 saturated carbocycles. The Hall–Kier alpha value is -2.56. The maximum absolute atomic E-state index is 9.22. The van der Waals surface area contributed by atoms with Gasteiger partial charge in [0.1, 0.15) is 0 Å². The molecule has 2 atom stereocenters. The summed E-state index contributed by atoms with van der Waals surface area (Å²) in [5.74, 6) is -0.388. The molecular formula is C20H28O5. The van der Waals surface area contributed by atoms with Crippen molar-refractivity contribution in [2.75, 3.05) is 0 Å². The summed E-state index contributed by atoms with van der Waals surface area (Å²) >= 11 is 0. The Labute approximate surface area is 148 Å². The van der Waals surface area contributed by atoms with E-state index in [9.17, 15) is 15.3 Å². The molecule has 0 heterocycles. The number of hydrogen-bond donors (Lipinski definition) is 5. The predicted molar refractivity (Wildman–Crippen MR) is 98.6 cm³/mol. The molecule has 0 radical (unpaired) electrons. The van der Waals surface area contributed by atoms with Crippen molar-refractivity contribution in [3.63, 3.8) is 0 Å². The van der Waals surface area contributed by atoms with Gasteiger partial charge in [0.15, 0.2) is 28.7 Å². The summed E-state index contributed by atoms with van der Waals surface area (Å²) in [6.07, 6.45) is 1.95. The lowest BCUT2D eigenvalue weighted by atomic mass is 9.98. The van der Waals surface area contributed by atoms with Gasteiger partial charge in [-0.3, -0.25) is 0 Å². The third kappa shape index (κ3) is 5.48. The van der Waals surface area contributed by atoms with Gasteiger partial charge in [-0.1, -0.05) is 33.8 Å². The van der Waals surface area contributed by atoms with Gasteiger partial charge in [-0.2, -0.15) is 0 Å². The number of hydrogen-bond acceptors (Lipinski definition) is 5. The third-order valence-electron chi connectivity index (χ3n) is 4.45. The van der Waals surface area contributed by atoms with Crippen LogP contribution in [-0.4, -0.2) is 25.5 Å². The van der Waals surface area contributed by atoms with Gasteiger partial charge in [0.2, 0.25) is 0 Å². The zero-order valence-electron chi connectivity index (χ0n) is 15.2. The van der Waals surface area contributed by atoms with Crippen molar-refractivity contribution in [1.29, 1.82) is 0 Å². The molecule has 0 aliphatic rings. The van der Waals surface area contributed by atoms with Crippen molar-refractivity contribution in [2.45, 2.75) is 52.4 Å². The van der Waals surface area contributed by atoms with E-state index in [2.05, 4.69) is 13.8 Å². The Morgan fingerprint density at radius 1 is 0.640 bits per heavy atom. The molecule has 0 amide bonds. The standard InChI is InChI=1S/C10H14O3.C10H14O2/c1-3-6(2)7-4-8(11)10(13)9(12)5-7;1-3-7(2)8-4-5-9(11)10(12)6-8/h4-6,11-13H,3H2,1-2H3;4-7,11-12H,3H2,1-2H3. The average Bonchev–Trinajstić information content (AvgIpc) is 2.60. The van der Waals surface area contributed by atoms with E-state index in [1.807, 2.05) is 19.9 Å². The van der Waals surface area contributed by atoms with Gasteiger partial charge in [-0.25, -0.2) is 0 Å². The molecule has 0 aliphatic carbocycles. The van der Waals surface area contributed by atoms with E-state index in [0.717, 1.165) is 24.0 Å². The topological polar surface area (TPSA) is 101 Å². The minimum Gasteiger partial charge on any atom is -0.504 e. The summed E-state index contributed by atoms with van der Waals surface area (Å²) in [7, 11) is 0. The first kappa shape index (κ1) is 20.5. The largest absolute Gasteiger partial charge is 0.504 e. The molecule has 5 N–H and O–H groups in total. The Morgan fingerprint density at radius 2 is 1.08 bits per heavy atom. The minimum absolute atomic E-state index is 0.0344. The zero-order chi connectivity index (χ0) is 19.1. The van der Waals surface area contributed by atoms with Gasteiger partial charge in [-0.15, -0.1) is 0 Å². The Kier molecular flexibility index (Phi) is 7.43. The molecule has 0 aliphatic heterocycles. The molecule has 0 fully saturated rings. The highest BCUT2D eigenvalue weighted by atomic mass is 16.3. The van der Waals surface area contributed by atoms with Crippen LogP contribution in [0.25, 0.3) is 0 Å². The molecule has 0 aromatic heterocycles. The fraction of sp³-hybridized carbons (Fsp3) is 0.400. The lowest BCUT2D eigenvalue weighted by Gasteiger charge is -2.10. The third-order valence-corrected chi connectivity index (χ3v) is 4.45. The maximum atomic E-state index is 9.22. The first-order valence-corrected chi connectivity index (χ1v) is 8.47. The van der Waals surface area contributed by atoms with Gasteiger partial charge in [0.05, 0.1) is 0 Å². The van der Waals surface area contributed by atoms with Gasteiger partial charge in [-0.05, 0) is 60.1 Å². The van der Waals surface area contributed by atoms with Gasteiger partial charge in [0.25, 0.3) is 0 Å². The smallest absolute Gasteiger partial charge is 0.200 e. The van der Waals surface area contributed by atoms with Crippen LogP contribution in [-0.2, 0) is 0 Å². The summed E-state index contributed by atoms with van der Waals surface area (Å²) < 4.78 is 0. The van der Waals surface area contributed by atoms with Crippen LogP contribution in [0, 0.1) is 0 Å². The molecule has 25 heavy (non-hydrogen) atoms. The molecule has 0 spiro atoms. The fourth-order valence-electron chi connectivity index (χ4n) is 2.23. The lowest BCUT2D eigenvalue weighted by Crippen LogP contribution is -1.90. The normalized spacial score (nSPS) is 12.8. The van der Waals surface area contributed by atoms with E-state index in [1.54, 1.807) is 6.07 Å². The molecule has 2 unspecified atom stereocenters. The molecule has 0 bridgehead atoms. The second-order valence-corrected chi connectivity index (χ2v) is 6.27. The summed E-state index contributed by atoms with van der Waals surface area (Å²) in [6.45, 7) is 8.19. The molecule has 2 aromatic carbocycles. The van der Waals surface area contributed by atoms with E-state index in [-0.39, 0.29) is 28.9 Å². The van der Waals surface area contributed by atoms with E-state index in [0.29, 0.717) is 5.92 Å². The second-order valence-electron chi connectivity index (χ2n) is 6.27. The number of phenols is 5. The van der Waals surface area contributed by atoms with E-state index >= 15 is 0 Å². The van der Waals surface area contributed by atoms with Crippen LogP contribution in [0.2, 0.25) is 0 Å². The number of aromatic hydroxyl groups is 5. The van der Waals surface area contributed by atoms with Crippen LogP contribution < -0.4 is 0 Å². The first-order chi connectivity index (χ1) is 11.7. The number of benzene rings is 2. The molecule has 2 rings (SSSR count). The lowest BCUT2D eigenvalue weighted by molar-refractivity contribution is 0.366. The van der Waals surface area contributed by atoms with Crippen molar-refractivity contribution in [2.24, 2.45) is 0 Å². The van der Waals surface area contributed by atoms with Crippen molar-refractivity contribution in [1.82, 2.24) is 0 Å². The summed E-state index contributed by atoms with van der Waals surface area (Å²) in [4.78, 5) is 0. The van der Waals surface area contributed by atoms with Crippen molar-refractivity contribution >= 4 is 0 Å².